The Morgan fingerprint density at radius 2 is 2.19 bits per heavy atom. The van der Waals surface area contributed by atoms with Gasteiger partial charge in [0.05, 0.1) is 0 Å². The molecule has 1 N–H and O–H groups in total. The molecule has 0 saturated heterocycles. The van der Waals surface area contributed by atoms with Gasteiger partial charge in [0, 0.05) is 12.0 Å². The van der Waals surface area contributed by atoms with E-state index >= 15 is 0 Å². The number of benzene rings is 1. The minimum absolute atomic E-state index is 0.223. The van der Waals surface area contributed by atoms with Crippen LogP contribution in [0.4, 0.5) is 0 Å². The van der Waals surface area contributed by atoms with Crippen molar-refractivity contribution in [2.24, 2.45) is 0 Å². The molecule has 0 fully saturated rings. The van der Waals surface area contributed by atoms with E-state index in [1.165, 1.54) is 5.57 Å². The van der Waals surface area contributed by atoms with Gasteiger partial charge < -0.3 is 9.84 Å². The topological polar surface area (TPSA) is 46.5 Å². The van der Waals surface area contributed by atoms with Crippen LogP contribution in [0.15, 0.2) is 30.3 Å². The van der Waals surface area contributed by atoms with Gasteiger partial charge in [-0.05, 0) is 30.6 Å². The molecule has 0 aliphatic carbocycles. The molecule has 0 atom stereocenters. The van der Waals surface area contributed by atoms with Crippen molar-refractivity contribution >= 4 is 11.5 Å². The summed E-state index contributed by atoms with van der Waals surface area (Å²) in [6.07, 6.45) is 3.73. The highest BCUT2D eigenvalue weighted by atomic mass is 16.5. The number of carboxylic acid groups (broad SMARTS) is 1. The predicted octanol–water partition coefficient (Wildman–Crippen LogP) is 2.72. The number of hydrogen-bond donors (Lipinski definition) is 1. The maximum atomic E-state index is 10.4. The Morgan fingerprint density at radius 1 is 1.38 bits per heavy atom. The Balaban J connectivity index is 2.05. The van der Waals surface area contributed by atoms with E-state index in [2.05, 4.69) is 0 Å². The second-order valence-corrected chi connectivity index (χ2v) is 3.78. The number of allylic oxidation sites excluding steroid dienone is 1. The van der Waals surface area contributed by atoms with Crippen LogP contribution in [0.25, 0.3) is 5.57 Å². The van der Waals surface area contributed by atoms with E-state index in [4.69, 9.17) is 9.84 Å². The van der Waals surface area contributed by atoms with Gasteiger partial charge in [0.25, 0.3) is 0 Å². The van der Waals surface area contributed by atoms with E-state index in [1.807, 2.05) is 30.3 Å². The van der Waals surface area contributed by atoms with Crippen LogP contribution >= 0.6 is 0 Å². The first-order chi connectivity index (χ1) is 7.77. The second kappa shape index (κ2) is 4.84. The summed E-state index contributed by atoms with van der Waals surface area (Å²) in [6, 6.07) is 7.87. The fraction of sp³-hybridized carbons (Fsp3) is 0.308. The zero-order valence-electron chi connectivity index (χ0n) is 8.98. The van der Waals surface area contributed by atoms with Gasteiger partial charge in [-0.1, -0.05) is 18.2 Å². The van der Waals surface area contributed by atoms with E-state index in [9.17, 15) is 4.79 Å². The molecule has 3 nitrogen and oxygen atoms in total. The first-order valence-corrected chi connectivity index (χ1v) is 5.40. The number of ether oxygens (including phenoxy) is 1. The Kier molecular flexibility index (Phi) is 3.25. The maximum Gasteiger partial charge on any atom is 0.303 e. The molecular formula is C13H14O3. The molecule has 1 aliphatic heterocycles. The molecule has 0 radical (unpaired) electrons. The molecule has 0 aromatic heterocycles. The van der Waals surface area contributed by atoms with Gasteiger partial charge in [0.1, 0.15) is 12.4 Å². The molecule has 0 spiro atoms. The third-order valence-corrected chi connectivity index (χ3v) is 2.64. The number of aliphatic carboxylic acids is 1. The largest absolute Gasteiger partial charge is 0.489 e. The molecule has 1 aromatic carbocycles. The van der Waals surface area contributed by atoms with Crippen LogP contribution in [0.3, 0.4) is 0 Å². The molecule has 84 valence electrons. The average Bonchev–Trinajstić information content (AvgIpc) is 2.29. The van der Waals surface area contributed by atoms with Gasteiger partial charge in [0.2, 0.25) is 0 Å². The average molecular weight is 218 g/mol. The number of hydrogen-bond acceptors (Lipinski definition) is 2. The van der Waals surface area contributed by atoms with Crippen LogP contribution in [0.5, 0.6) is 5.75 Å². The fourth-order valence-electron chi connectivity index (χ4n) is 1.87. The minimum atomic E-state index is -0.735. The molecular weight excluding hydrogens is 204 g/mol. The van der Waals surface area contributed by atoms with E-state index in [0.717, 1.165) is 17.7 Å². The van der Waals surface area contributed by atoms with E-state index < -0.39 is 5.97 Å². The lowest BCUT2D eigenvalue weighted by atomic mass is 9.97. The van der Waals surface area contributed by atoms with Gasteiger partial charge in [-0.2, -0.15) is 0 Å². The van der Waals surface area contributed by atoms with Crippen LogP contribution in [0.2, 0.25) is 0 Å². The van der Waals surface area contributed by atoms with Crippen molar-refractivity contribution in [3.8, 4) is 5.75 Å². The van der Waals surface area contributed by atoms with Crippen molar-refractivity contribution in [2.75, 3.05) is 6.61 Å². The highest BCUT2D eigenvalue weighted by Gasteiger charge is 2.12. The predicted molar refractivity (Wildman–Crippen MR) is 61.4 cm³/mol. The van der Waals surface area contributed by atoms with Crippen LogP contribution in [-0.4, -0.2) is 17.7 Å². The standard InChI is InChI=1S/C13H14O3/c14-13(15)7-3-4-10-8-9-16-12-6-2-1-5-11(10)12/h1-2,5-6,8H,3-4,7,9H2,(H,14,15). The minimum Gasteiger partial charge on any atom is -0.489 e. The van der Waals surface area contributed by atoms with Crippen molar-refractivity contribution in [1.29, 1.82) is 0 Å². The smallest absolute Gasteiger partial charge is 0.303 e. The normalized spacial score (nSPS) is 13.6. The first-order valence-electron chi connectivity index (χ1n) is 5.40. The van der Waals surface area contributed by atoms with Gasteiger partial charge in [-0.15, -0.1) is 0 Å². The summed E-state index contributed by atoms with van der Waals surface area (Å²) in [7, 11) is 0. The summed E-state index contributed by atoms with van der Waals surface area (Å²) in [6.45, 7) is 0.583. The monoisotopic (exact) mass is 218 g/mol. The molecule has 1 aromatic rings. The molecule has 0 bridgehead atoms. The quantitative estimate of drug-likeness (QED) is 0.845. The summed E-state index contributed by atoms with van der Waals surface area (Å²) in [5.74, 6) is 0.163. The van der Waals surface area contributed by atoms with Crippen molar-refractivity contribution in [1.82, 2.24) is 0 Å². The third-order valence-electron chi connectivity index (χ3n) is 2.64. The third kappa shape index (κ3) is 2.42. The first kappa shape index (κ1) is 10.7. The Bertz CT molecular complexity index is 421. The summed E-state index contributed by atoms with van der Waals surface area (Å²) in [5, 5.41) is 8.59. The molecule has 2 rings (SSSR count). The van der Waals surface area contributed by atoms with Crippen LogP contribution in [0, 0.1) is 0 Å². The summed E-state index contributed by atoms with van der Waals surface area (Å²) >= 11 is 0. The Labute approximate surface area is 94.4 Å². The van der Waals surface area contributed by atoms with Gasteiger partial charge in [0.15, 0.2) is 0 Å². The van der Waals surface area contributed by atoms with E-state index in [1.54, 1.807) is 0 Å². The summed E-state index contributed by atoms with van der Waals surface area (Å²) < 4.78 is 5.49. The van der Waals surface area contributed by atoms with Gasteiger partial charge >= 0.3 is 5.97 Å². The lowest BCUT2D eigenvalue weighted by Crippen LogP contribution is -2.05. The molecule has 0 amide bonds. The molecule has 3 heteroatoms. The molecule has 1 aliphatic rings. The second-order valence-electron chi connectivity index (χ2n) is 3.78. The summed E-state index contributed by atoms with van der Waals surface area (Å²) in [4.78, 5) is 10.4. The van der Waals surface area contributed by atoms with Gasteiger partial charge in [-0.3, -0.25) is 4.79 Å². The highest BCUT2D eigenvalue weighted by Crippen LogP contribution is 2.32. The molecule has 0 unspecified atom stereocenters. The van der Waals surface area contributed by atoms with Crippen LogP contribution in [0.1, 0.15) is 24.8 Å². The zero-order valence-corrected chi connectivity index (χ0v) is 8.98. The zero-order chi connectivity index (χ0) is 11.4. The Hall–Kier alpha value is -1.77. The fourth-order valence-corrected chi connectivity index (χ4v) is 1.87. The number of para-hydroxylation sites is 1. The van der Waals surface area contributed by atoms with Crippen molar-refractivity contribution in [2.45, 2.75) is 19.3 Å². The SMILES string of the molecule is O=C(O)CCCC1=CCOc2ccccc21. The highest BCUT2D eigenvalue weighted by molar-refractivity contribution is 5.73. The lowest BCUT2D eigenvalue weighted by molar-refractivity contribution is -0.137. The van der Waals surface area contributed by atoms with Crippen molar-refractivity contribution < 1.29 is 14.6 Å². The van der Waals surface area contributed by atoms with Crippen molar-refractivity contribution in [3.05, 3.63) is 35.9 Å². The number of carbonyl (C=O) groups is 1. The molecule has 0 saturated carbocycles. The Morgan fingerprint density at radius 3 is 3.00 bits per heavy atom. The maximum absolute atomic E-state index is 10.4. The number of carboxylic acids is 1. The van der Waals surface area contributed by atoms with Crippen molar-refractivity contribution in [3.63, 3.8) is 0 Å². The number of rotatable bonds is 4. The molecule has 1 heterocycles. The molecule has 16 heavy (non-hydrogen) atoms. The summed E-state index contributed by atoms with van der Waals surface area (Å²) in [5.41, 5.74) is 2.29. The van der Waals surface area contributed by atoms with Crippen LogP contribution in [-0.2, 0) is 4.79 Å². The lowest BCUT2D eigenvalue weighted by Gasteiger charge is -2.18. The van der Waals surface area contributed by atoms with Crippen LogP contribution < -0.4 is 4.74 Å². The van der Waals surface area contributed by atoms with Gasteiger partial charge in [-0.25, -0.2) is 0 Å². The van der Waals surface area contributed by atoms with E-state index in [-0.39, 0.29) is 6.42 Å². The number of fused-ring (bicyclic) bond motifs is 1. The van der Waals surface area contributed by atoms with E-state index in [0.29, 0.717) is 13.0 Å².